The monoisotopic (exact) mass is 233 g/mol. The summed E-state index contributed by atoms with van der Waals surface area (Å²) in [6, 6.07) is 5.59. The zero-order chi connectivity index (χ0) is 12.4. The van der Waals surface area contributed by atoms with Gasteiger partial charge in [0.15, 0.2) is 0 Å². The van der Waals surface area contributed by atoms with Crippen molar-refractivity contribution in [1.29, 1.82) is 0 Å². The Morgan fingerprint density at radius 2 is 1.94 bits per heavy atom. The normalized spacial score (nSPS) is 24.7. The maximum Gasteiger partial charge on any atom is 0.122 e. The van der Waals surface area contributed by atoms with Crippen molar-refractivity contribution in [3.05, 3.63) is 28.8 Å². The van der Waals surface area contributed by atoms with Gasteiger partial charge in [-0.05, 0) is 56.4 Å². The Hall–Kier alpha value is -1.02. The van der Waals surface area contributed by atoms with Crippen molar-refractivity contribution in [1.82, 2.24) is 5.32 Å². The lowest BCUT2D eigenvalue weighted by Crippen LogP contribution is -2.34. The van der Waals surface area contributed by atoms with Gasteiger partial charge in [-0.2, -0.15) is 0 Å². The van der Waals surface area contributed by atoms with Crippen LogP contribution < -0.4 is 10.1 Å². The average molecular weight is 233 g/mol. The van der Waals surface area contributed by atoms with Crippen molar-refractivity contribution in [2.75, 3.05) is 7.11 Å². The molecule has 94 valence electrons. The summed E-state index contributed by atoms with van der Waals surface area (Å²) < 4.78 is 5.37. The Morgan fingerprint density at radius 3 is 2.59 bits per heavy atom. The maximum absolute atomic E-state index is 5.37. The molecule has 1 aliphatic heterocycles. The quantitative estimate of drug-likeness (QED) is 0.844. The number of hydrogen-bond donors (Lipinski definition) is 1. The third-order valence-electron chi connectivity index (χ3n) is 3.77. The number of methoxy groups -OCH3 is 1. The van der Waals surface area contributed by atoms with Crippen LogP contribution in [0.1, 0.15) is 48.9 Å². The average Bonchev–Trinajstić information content (AvgIpc) is 2.31. The molecule has 1 fully saturated rings. The highest BCUT2D eigenvalue weighted by Gasteiger charge is 2.21. The SMILES string of the molecule is COc1cc(C)c(C2CCCC(C)N2)cc1C. The zero-order valence-electron chi connectivity index (χ0n) is 11.3. The lowest BCUT2D eigenvalue weighted by Gasteiger charge is -2.30. The summed E-state index contributed by atoms with van der Waals surface area (Å²) in [5.74, 6) is 0.995. The minimum atomic E-state index is 0.517. The van der Waals surface area contributed by atoms with E-state index in [0.717, 1.165) is 5.75 Å². The standard InChI is InChI=1S/C15H23NO/c1-10-9-15(17-4)11(2)8-13(10)14-7-5-6-12(3)16-14/h8-9,12,14,16H,5-7H2,1-4H3. The number of hydrogen-bond acceptors (Lipinski definition) is 2. The van der Waals surface area contributed by atoms with E-state index in [1.807, 2.05) is 0 Å². The van der Waals surface area contributed by atoms with E-state index < -0.39 is 0 Å². The van der Waals surface area contributed by atoms with Crippen molar-refractivity contribution < 1.29 is 4.74 Å². The van der Waals surface area contributed by atoms with Crippen LogP contribution in [0.4, 0.5) is 0 Å². The summed E-state index contributed by atoms with van der Waals surface area (Å²) in [4.78, 5) is 0. The number of piperidine rings is 1. The van der Waals surface area contributed by atoms with Gasteiger partial charge in [-0.1, -0.05) is 12.5 Å². The third-order valence-corrected chi connectivity index (χ3v) is 3.77. The predicted octanol–water partition coefficient (Wildman–Crippen LogP) is 3.52. The highest BCUT2D eigenvalue weighted by atomic mass is 16.5. The lowest BCUT2D eigenvalue weighted by atomic mass is 9.90. The van der Waals surface area contributed by atoms with Crippen LogP contribution in [0.5, 0.6) is 5.75 Å². The second-order valence-electron chi connectivity index (χ2n) is 5.23. The highest BCUT2D eigenvalue weighted by molar-refractivity contribution is 5.43. The molecule has 1 aliphatic rings. The minimum Gasteiger partial charge on any atom is -0.496 e. The molecule has 17 heavy (non-hydrogen) atoms. The minimum absolute atomic E-state index is 0.517. The van der Waals surface area contributed by atoms with Crippen molar-refractivity contribution in [3.8, 4) is 5.75 Å². The van der Waals surface area contributed by atoms with E-state index in [1.54, 1.807) is 7.11 Å². The van der Waals surface area contributed by atoms with Gasteiger partial charge in [0.1, 0.15) is 5.75 Å². The van der Waals surface area contributed by atoms with Crippen molar-refractivity contribution in [3.63, 3.8) is 0 Å². The predicted molar refractivity (Wildman–Crippen MR) is 71.7 cm³/mol. The number of ether oxygens (including phenoxy) is 1. The topological polar surface area (TPSA) is 21.3 Å². The molecular weight excluding hydrogens is 210 g/mol. The van der Waals surface area contributed by atoms with Crippen LogP contribution in [0.15, 0.2) is 12.1 Å². The molecule has 0 amide bonds. The first-order valence-corrected chi connectivity index (χ1v) is 6.53. The van der Waals surface area contributed by atoms with Gasteiger partial charge in [0.2, 0.25) is 0 Å². The Bertz CT molecular complexity index is 400. The Balaban J connectivity index is 2.28. The molecule has 1 saturated heterocycles. The van der Waals surface area contributed by atoms with E-state index in [1.165, 1.54) is 36.0 Å². The van der Waals surface area contributed by atoms with Crippen LogP contribution in [-0.2, 0) is 0 Å². The van der Waals surface area contributed by atoms with Crippen LogP contribution in [0.2, 0.25) is 0 Å². The third kappa shape index (κ3) is 2.63. The summed E-state index contributed by atoms with van der Waals surface area (Å²) in [5.41, 5.74) is 4.00. The van der Waals surface area contributed by atoms with E-state index in [-0.39, 0.29) is 0 Å². The van der Waals surface area contributed by atoms with E-state index >= 15 is 0 Å². The molecular formula is C15H23NO. The number of benzene rings is 1. The molecule has 2 unspecified atom stereocenters. The maximum atomic E-state index is 5.37. The Labute approximate surface area is 104 Å². The van der Waals surface area contributed by atoms with Gasteiger partial charge in [-0.3, -0.25) is 0 Å². The van der Waals surface area contributed by atoms with Crippen molar-refractivity contribution in [2.45, 2.75) is 52.1 Å². The van der Waals surface area contributed by atoms with Crippen molar-refractivity contribution >= 4 is 0 Å². The molecule has 0 spiro atoms. The van der Waals surface area contributed by atoms with Gasteiger partial charge in [0.05, 0.1) is 7.11 Å². The van der Waals surface area contributed by atoms with Crippen LogP contribution in [0, 0.1) is 13.8 Å². The molecule has 0 bridgehead atoms. The van der Waals surface area contributed by atoms with Crippen LogP contribution >= 0.6 is 0 Å². The fourth-order valence-electron chi connectivity index (χ4n) is 2.79. The zero-order valence-corrected chi connectivity index (χ0v) is 11.3. The molecule has 1 N–H and O–H groups in total. The smallest absolute Gasteiger partial charge is 0.122 e. The number of rotatable bonds is 2. The summed E-state index contributed by atoms with van der Waals surface area (Å²) in [6.07, 6.45) is 3.87. The molecule has 2 heteroatoms. The van der Waals surface area contributed by atoms with Crippen LogP contribution in [0.3, 0.4) is 0 Å². The fraction of sp³-hybridized carbons (Fsp3) is 0.600. The van der Waals surface area contributed by atoms with E-state index in [2.05, 4.69) is 38.2 Å². The fourth-order valence-corrected chi connectivity index (χ4v) is 2.79. The summed E-state index contributed by atoms with van der Waals surface area (Å²) >= 11 is 0. The summed E-state index contributed by atoms with van der Waals surface area (Å²) in [5, 5.41) is 3.70. The molecule has 0 aromatic heterocycles. The highest BCUT2D eigenvalue weighted by Crippen LogP contribution is 2.31. The summed E-state index contributed by atoms with van der Waals surface area (Å²) in [7, 11) is 1.74. The Kier molecular flexibility index (Phi) is 3.72. The van der Waals surface area contributed by atoms with Gasteiger partial charge >= 0.3 is 0 Å². The first kappa shape index (κ1) is 12.4. The lowest BCUT2D eigenvalue weighted by molar-refractivity contribution is 0.340. The second-order valence-corrected chi connectivity index (χ2v) is 5.23. The van der Waals surface area contributed by atoms with E-state index in [0.29, 0.717) is 12.1 Å². The van der Waals surface area contributed by atoms with E-state index in [4.69, 9.17) is 4.74 Å². The van der Waals surface area contributed by atoms with Crippen LogP contribution in [0.25, 0.3) is 0 Å². The molecule has 2 rings (SSSR count). The van der Waals surface area contributed by atoms with E-state index in [9.17, 15) is 0 Å². The largest absolute Gasteiger partial charge is 0.496 e. The molecule has 2 atom stereocenters. The molecule has 0 radical (unpaired) electrons. The van der Waals surface area contributed by atoms with Crippen molar-refractivity contribution in [2.24, 2.45) is 0 Å². The van der Waals surface area contributed by atoms with Gasteiger partial charge in [0, 0.05) is 12.1 Å². The number of aryl methyl sites for hydroxylation is 2. The van der Waals surface area contributed by atoms with Gasteiger partial charge in [-0.15, -0.1) is 0 Å². The van der Waals surface area contributed by atoms with Gasteiger partial charge in [0.25, 0.3) is 0 Å². The first-order valence-electron chi connectivity index (χ1n) is 6.53. The van der Waals surface area contributed by atoms with Gasteiger partial charge in [-0.25, -0.2) is 0 Å². The van der Waals surface area contributed by atoms with Gasteiger partial charge < -0.3 is 10.1 Å². The molecule has 2 nitrogen and oxygen atoms in total. The molecule has 1 aromatic rings. The molecule has 1 aromatic carbocycles. The summed E-state index contributed by atoms with van der Waals surface area (Å²) in [6.45, 7) is 6.57. The van der Waals surface area contributed by atoms with Crippen LogP contribution in [-0.4, -0.2) is 13.2 Å². The molecule has 0 saturated carbocycles. The molecule has 1 heterocycles. The molecule has 0 aliphatic carbocycles. The Morgan fingerprint density at radius 1 is 1.18 bits per heavy atom. The second kappa shape index (κ2) is 5.09. The first-order chi connectivity index (χ1) is 8.11. The number of nitrogens with one attached hydrogen (secondary N) is 1.